The second-order valence-corrected chi connectivity index (χ2v) is 4.24. The molecule has 0 fully saturated rings. The van der Waals surface area contributed by atoms with Crippen LogP contribution in [0.3, 0.4) is 0 Å². The lowest BCUT2D eigenvalue weighted by Crippen LogP contribution is -1.81. The van der Waals surface area contributed by atoms with Crippen molar-refractivity contribution in [1.29, 1.82) is 0 Å². The molecule has 4 rings (SSSR count). The van der Waals surface area contributed by atoms with Crippen LogP contribution in [0.5, 0.6) is 0 Å². The van der Waals surface area contributed by atoms with Gasteiger partial charge in [0, 0.05) is 24.5 Å². The van der Waals surface area contributed by atoms with Crippen molar-refractivity contribution in [3.63, 3.8) is 0 Å². The van der Waals surface area contributed by atoms with Crippen molar-refractivity contribution in [3.8, 4) is 0 Å². The summed E-state index contributed by atoms with van der Waals surface area (Å²) in [7, 11) is 0. The minimum Gasteiger partial charge on any atom is -0.328 e. The number of hydrogen-bond acceptors (Lipinski definition) is 0. The molecular formula is C18H19N. The van der Waals surface area contributed by atoms with Crippen LogP contribution < -0.4 is 0 Å². The third-order valence-corrected chi connectivity index (χ3v) is 2.78. The Morgan fingerprint density at radius 2 is 1.37 bits per heavy atom. The number of nitrogens with zero attached hydrogens (tertiary/aromatic N) is 1. The van der Waals surface area contributed by atoms with E-state index in [1.165, 1.54) is 5.69 Å². The first-order chi connectivity index (χ1) is 9.47. The molecule has 1 nitrogen and oxygen atoms in total. The standard InChI is InChI=1S/C7H7N.C6H6.C5H6/c1-3-7-4-2-6-8(7)5-1;1-2-4-6-5-3-1;1-2-4-5-3-1/h1-3,5-6H,4H2;1-6H;1-4H,5H2. The van der Waals surface area contributed by atoms with Gasteiger partial charge in [0.25, 0.3) is 0 Å². The highest BCUT2D eigenvalue weighted by molar-refractivity contribution is 5.36. The second kappa shape index (κ2) is 7.93. The Hall–Kier alpha value is -2.28. The highest BCUT2D eigenvalue weighted by atomic mass is 15.0. The zero-order chi connectivity index (χ0) is 13.2. The average Bonchev–Trinajstić information content (AvgIpc) is 3.21. The fourth-order valence-electron chi connectivity index (χ4n) is 1.81. The van der Waals surface area contributed by atoms with Crippen LogP contribution in [0, 0.1) is 0 Å². The molecule has 0 saturated carbocycles. The second-order valence-electron chi connectivity index (χ2n) is 4.24. The number of rotatable bonds is 0. The predicted molar refractivity (Wildman–Crippen MR) is 82.8 cm³/mol. The van der Waals surface area contributed by atoms with Gasteiger partial charge in [-0.15, -0.1) is 0 Å². The summed E-state index contributed by atoms with van der Waals surface area (Å²) in [5, 5.41) is 0. The van der Waals surface area contributed by atoms with E-state index < -0.39 is 0 Å². The number of fused-ring (bicyclic) bond motifs is 1. The van der Waals surface area contributed by atoms with Gasteiger partial charge in [0.2, 0.25) is 0 Å². The molecule has 1 aliphatic heterocycles. The third-order valence-electron chi connectivity index (χ3n) is 2.78. The first-order valence-corrected chi connectivity index (χ1v) is 6.61. The van der Waals surface area contributed by atoms with E-state index in [4.69, 9.17) is 0 Å². The van der Waals surface area contributed by atoms with Crippen LogP contribution in [0.1, 0.15) is 12.1 Å². The van der Waals surface area contributed by atoms with Crippen LogP contribution in [0.15, 0.2) is 85.1 Å². The minimum absolute atomic E-state index is 1.10. The number of allylic oxidation sites excluding steroid dienone is 5. The maximum Gasteiger partial charge on any atom is 0.0259 e. The Balaban J connectivity index is 0.000000109. The van der Waals surface area contributed by atoms with Gasteiger partial charge in [-0.2, -0.15) is 0 Å². The number of benzene rings is 1. The molecule has 0 atom stereocenters. The molecule has 2 heterocycles. The highest BCUT2D eigenvalue weighted by Gasteiger charge is 1.99. The maximum atomic E-state index is 2.16. The molecule has 0 unspecified atom stereocenters. The van der Waals surface area contributed by atoms with E-state index in [1.807, 2.05) is 36.4 Å². The van der Waals surface area contributed by atoms with E-state index in [-0.39, 0.29) is 0 Å². The first-order valence-electron chi connectivity index (χ1n) is 6.61. The van der Waals surface area contributed by atoms with Crippen LogP contribution in [-0.2, 0) is 6.42 Å². The Bertz CT molecular complexity index is 507. The van der Waals surface area contributed by atoms with Gasteiger partial charge in [-0.1, -0.05) is 66.8 Å². The summed E-state index contributed by atoms with van der Waals surface area (Å²) in [4.78, 5) is 0. The molecule has 1 aromatic heterocycles. The molecule has 1 heteroatoms. The quantitative estimate of drug-likeness (QED) is 0.637. The summed E-state index contributed by atoms with van der Waals surface area (Å²) in [6, 6.07) is 16.2. The van der Waals surface area contributed by atoms with Crippen molar-refractivity contribution >= 4 is 6.20 Å². The van der Waals surface area contributed by atoms with E-state index in [9.17, 15) is 0 Å². The van der Waals surface area contributed by atoms with Gasteiger partial charge < -0.3 is 4.57 Å². The van der Waals surface area contributed by atoms with Crippen molar-refractivity contribution in [2.45, 2.75) is 12.8 Å². The van der Waals surface area contributed by atoms with E-state index in [1.54, 1.807) is 0 Å². The van der Waals surface area contributed by atoms with Crippen molar-refractivity contribution < 1.29 is 0 Å². The van der Waals surface area contributed by atoms with Crippen molar-refractivity contribution in [2.24, 2.45) is 0 Å². The lowest BCUT2D eigenvalue weighted by molar-refractivity contribution is 1.09. The third kappa shape index (κ3) is 4.84. The monoisotopic (exact) mass is 249 g/mol. The highest BCUT2D eigenvalue weighted by Crippen LogP contribution is 2.10. The molecule has 1 aromatic carbocycles. The molecule has 0 spiro atoms. The van der Waals surface area contributed by atoms with Crippen LogP contribution in [0.2, 0.25) is 0 Å². The normalized spacial score (nSPS) is 13.3. The summed E-state index contributed by atoms with van der Waals surface area (Å²) in [6.07, 6.45) is 16.9. The molecule has 0 radical (unpaired) electrons. The van der Waals surface area contributed by atoms with Gasteiger partial charge in [0.1, 0.15) is 0 Å². The van der Waals surface area contributed by atoms with Crippen LogP contribution >= 0.6 is 0 Å². The molecule has 96 valence electrons. The lowest BCUT2D eigenvalue weighted by Gasteiger charge is -1.88. The molecule has 0 amide bonds. The molecule has 19 heavy (non-hydrogen) atoms. The Morgan fingerprint density at radius 1 is 0.737 bits per heavy atom. The smallest absolute Gasteiger partial charge is 0.0259 e. The van der Waals surface area contributed by atoms with Gasteiger partial charge in [0.05, 0.1) is 0 Å². The van der Waals surface area contributed by atoms with Crippen molar-refractivity contribution in [2.75, 3.05) is 0 Å². The SMILES string of the molecule is C1=CCC=C1.C1=Cn2cccc2C1.c1ccccc1. The number of hydrogen-bond donors (Lipinski definition) is 0. The first kappa shape index (κ1) is 13.2. The summed E-state index contributed by atoms with van der Waals surface area (Å²) in [6.45, 7) is 0. The number of aromatic nitrogens is 1. The zero-order valence-corrected chi connectivity index (χ0v) is 11.0. The van der Waals surface area contributed by atoms with Crippen molar-refractivity contribution in [3.05, 3.63) is 90.8 Å². The fourth-order valence-corrected chi connectivity index (χ4v) is 1.81. The van der Waals surface area contributed by atoms with Gasteiger partial charge in [-0.3, -0.25) is 0 Å². The van der Waals surface area contributed by atoms with E-state index in [0.717, 1.165) is 12.8 Å². The maximum absolute atomic E-state index is 2.16. The summed E-state index contributed by atoms with van der Waals surface area (Å²) in [5.74, 6) is 0. The summed E-state index contributed by atoms with van der Waals surface area (Å²) < 4.78 is 2.14. The van der Waals surface area contributed by atoms with Crippen LogP contribution in [0.25, 0.3) is 6.20 Å². The predicted octanol–water partition coefficient (Wildman–Crippen LogP) is 4.70. The minimum atomic E-state index is 1.10. The molecular weight excluding hydrogens is 230 g/mol. The Kier molecular flexibility index (Phi) is 5.49. The average molecular weight is 249 g/mol. The Labute approximate surface area is 115 Å². The molecule has 1 aliphatic carbocycles. The van der Waals surface area contributed by atoms with Gasteiger partial charge >= 0.3 is 0 Å². The molecule has 0 saturated heterocycles. The lowest BCUT2D eigenvalue weighted by atomic mass is 10.3. The van der Waals surface area contributed by atoms with Gasteiger partial charge in [0.15, 0.2) is 0 Å². The summed E-state index contributed by atoms with van der Waals surface area (Å²) in [5.41, 5.74) is 1.39. The van der Waals surface area contributed by atoms with Crippen LogP contribution in [-0.4, -0.2) is 4.57 Å². The van der Waals surface area contributed by atoms with Gasteiger partial charge in [-0.25, -0.2) is 0 Å². The summed E-state index contributed by atoms with van der Waals surface area (Å²) >= 11 is 0. The molecule has 2 aromatic rings. The largest absolute Gasteiger partial charge is 0.328 e. The van der Waals surface area contributed by atoms with Crippen molar-refractivity contribution in [1.82, 2.24) is 4.57 Å². The zero-order valence-electron chi connectivity index (χ0n) is 11.0. The Morgan fingerprint density at radius 3 is 1.84 bits per heavy atom. The fraction of sp³-hybridized carbons (Fsp3) is 0.111. The molecule has 0 N–H and O–H groups in total. The van der Waals surface area contributed by atoms with E-state index in [2.05, 4.69) is 59.5 Å². The molecule has 2 aliphatic rings. The van der Waals surface area contributed by atoms with E-state index >= 15 is 0 Å². The van der Waals surface area contributed by atoms with Crippen LogP contribution in [0.4, 0.5) is 0 Å². The topological polar surface area (TPSA) is 4.93 Å². The van der Waals surface area contributed by atoms with E-state index in [0.29, 0.717) is 0 Å². The molecule has 0 bridgehead atoms. The van der Waals surface area contributed by atoms with Gasteiger partial charge in [-0.05, 0) is 18.6 Å².